The highest BCUT2D eigenvalue weighted by Gasteiger charge is 1.97. The molecule has 76 valence electrons. The normalized spacial score (nSPS) is 11.5. The summed E-state index contributed by atoms with van der Waals surface area (Å²) >= 11 is 1.76. The van der Waals surface area contributed by atoms with Crippen LogP contribution in [-0.2, 0) is 9.53 Å². The predicted molar refractivity (Wildman–Crippen MR) is 58.0 cm³/mol. The number of esters is 1. The van der Waals surface area contributed by atoms with Crippen LogP contribution in [0, 0.1) is 0 Å². The Labute approximate surface area is 84.7 Å². The molecule has 0 atom stereocenters. The molecule has 0 unspecified atom stereocenters. The molecule has 0 N–H and O–H groups in total. The van der Waals surface area contributed by atoms with E-state index in [1.807, 2.05) is 0 Å². The van der Waals surface area contributed by atoms with Gasteiger partial charge < -0.3 is 4.74 Å². The maximum absolute atomic E-state index is 10.7. The number of thioether (sulfide) groups is 1. The molecule has 0 heterocycles. The molecule has 0 spiro atoms. The minimum Gasteiger partial charge on any atom is -0.469 e. The van der Waals surface area contributed by atoms with Gasteiger partial charge in [0, 0.05) is 11.5 Å². The monoisotopic (exact) mass is 202 g/mol. The fraction of sp³-hybridized carbons (Fsp3) is 0.700. The maximum Gasteiger partial charge on any atom is 0.306 e. The quantitative estimate of drug-likeness (QED) is 0.376. The smallest absolute Gasteiger partial charge is 0.306 e. The first kappa shape index (κ1) is 12.6. The van der Waals surface area contributed by atoms with E-state index in [9.17, 15) is 4.79 Å². The number of rotatable bonds is 6. The molecule has 0 saturated carbocycles. The number of allylic oxidation sites excluding steroid dienone is 1. The first-order valence-electron chi connectivity index (χ1n) is 4.50. The van der Waals surface area contributed by atoms with Gasteiger partial charge in [-0.3, -0.25) is 4.79 Å². The predicted octanol–water partition coefficient (Wildman–Crippen LogP) is 2.64. The van der Waals surface area contributed by atoms with E-state index in [0.717, 1.165) is 17.9 Å². The first-order valence-corrected chi connectivity index (χ1v) is 5.66. The van der Waals surface area contributed by atoms with Crippen LogP contribution in [0.4, 0.5) is 0 Å². The second kappa shape index (κ2) is 8.17. The number of hydrogen-bond acceptors (Lipinski definition) is 3. The van der Waals surface area contributed by atoms with Gasteiger partial charge in [0.2, 0.25) is 0 Å². The van der Waals surface area contributed by atoms with Crippen molar-refractivity contribution in [2.24, 2.45) is 0 Å². The van der Waals surface area contributed by atoms with Crippen molar-refractivity contribution in [2.75, 3.05) is 18.6 Å². The van der Waals surface area contributed by atoms with Crippen molar-refractivity contribution in [1.82, 2.24) is 0 Å². The Morgan fingerprint density at radius 3 is 2.77 bits per heavy atom. The third kappa shape index (κ3) is 7.91. The van der Waals surface area contributed by atoms with E-state index >= 15 is 0 Å². The highest BCUT2D eigenvalue weighted by Crippen LogP contribution is 2.06. The van der Waals surface area contributed by atoms with Crippen LogP contribution in [-0.4, -0.2) is 24.6 Å². The molecule has 13 heavy (non-hydrogen) atoms. The zero-order valence-electron chi connectivity index (χ0n) is 8.63. The van der Waals surface area contributed by atoms with Gasteiger partial charge in [0.25, 0.3) is 0 Å². The molecule has 0 saturated heterocycles. The maximum atomic E-state index is 10.7. The molecule has 0 aliphatic carbocycles. The van der Waals surface area contributed by atoms with Crippen LogP contribution >= 0.6 is 11.8 Å². The molecule has 0 amide bonds. The molecule has 3 heteroatoms. The number of carbonyl (C=O) groups is 1. The zero-order chi connectivity index (χ0) is 10.1. The number of ether oxygens (including phenoxy) is 1. The summed E-state index contributed by atoms with van der Waals surface area (Å²) in [5, 5.41) is 0. The number of hydrogen-bond donors (Lipinski definition) is 0. The molecule has 0 aromatic heterocycles. The van der Waals surface area contributed by atoms with Crippen LogP contribution in [0.25, 0.3) is 0 Å². The summed E-state index contributed by atoms with van der Waals surface area (Å²) in [4.78, 5) is 10.7. The fourth-order valence-electron chi connectivity index (χ4n) is 0.686. The molecule has 0 radical (unpaired) electrons. The standard InChI is InChI=1S/C10H18O2S/c1-4-9(2)5-7-13-8-6-10(11)12-3/h5H,4,6-8H2,1-3H3. The van der Waals surface area contributed by atoms with Gasteiger partial charge in [0.15, 0.2) is 0 Å². The van der Waals surface area contributed by atoms with Gasteiger partial charge in [0.1, 0.15) is 0 Å². The summed E-state index contributed by atoms with van der Waals surface area (Å²) in [6.45, 7) is 4.27. The molecule has 0 bridgehead atoms. The first-order chi connectivity index (χ1) is 6.20. The topological polar surface area (TPSA) is 26.3 Å². The Kier molecular flexibility index (Phi) is 7.90. The van der Waals surface area contributed by atoms with Crippen molar-refractivity contribution in [3.05, 3.63) is 11.6 Å². The van der Waals surface area contributed by atoms with Crippen molar-refractivity contribution in [2.45, 2.75) is 26.7 Å². The SMILES string of the molecule is CCC(C)=CCSCCC(=O)OC. The van der Waals surface area contributed by atoms with Crippen LogP contribution in [0.15, 0.2) is 11.6 Å². The summed E-state index contributed by atoms with van der Waals surface area (Å²) in [5.41, 5.74) is 1.41. The average molecular weight is 202 g/mol. The van der Waals surface area contributed by atoms with Gasteiger partial charge in [-0.2, -0.15) is 11.8 Å². The van der Waals surface area contributed by atoms with Crippen LogP contribution in [0.1, 0.15) is 26.7 Å². The van der Waals surface area contributed by atoms with E-state index in [0.29, 0.717) is 6.42 Å². The Bertz CT molecular complexity index is 176. The second-order valence-corrected chi connectivity index (χ2v) is 3.95. The van der Waals surface area contributed by atoms with Crippen molar-refractivity contribution >= 4 is 17.7 Å². The van der Waals surface area contributed by atoms with E-state index in [2.05, 4.69) is 24.7 Å². The summed E-state index contributed by atoms with van der Waals surface area (Å²) in [6.07, 6.45) is 3.83. The van der Waals surface area contributed by atoms with Crippen molar-refractivity contribution in [3.8, 4) is 0 Å². The molecule has 0 rings (SSSR count). The molecular formula is C10H18O2S. The lowest BCUT2D eigenvalue weighted by molar-refractivity contribution is -0.140. The van der Waals surface area contributed by atoms with E-state index < -0.39 is 0 Å². The van der Waals surface area contributed by atoms with E-state index in [4.69, 9.17) is 0 Å². The van der Waals surface area contributed by atoms with Crippen LogP contribution < -0.4 is 0 Å². The van der Waals surface area contributed by atoms with Crippen molar-refractivity contribution < 1.29 is 9.53 Å². The highest BCUT2D eigenvalue weighted by molar-refractivity contribution is 7.99. The van der Waals surface area contributed by atoms with Crippen LogP contribution in [0.3, 0.4) is 0 Å². The Morgan fingerprint density at radius 2 is 2.23 bits per heavy atom. The third-order valence-electron chi connectivity index (χ3n) is 1.79. The second-order valence-electron chi connectivity index (χ2n) is 2.81. The molecule has 0 aliphatic heterocycles. The van der Waals surface area contributed by atoms with E-state index in [1.165, 1.54) is 12.7 Å². The molecular weight excluding hydrogens is 184 g/mol. The number of carbonyl (C=O) groups excluding carboxylic acids is 1. The molecule has 2 nitrogen and oxygen atoms in total. The van der Waals surface area contributed by atoms with Gasteiger partial charge >= 0.3 is 5.97 Å². The fourth-order valence-corrected chi connectivity index (χ4v) is 1.57. The summed E-state index contributed by atoms with van der Waals surface area (Å²) < 4.78 is 4.53. The molecule has 0 fully saturated rings. The van der Waals surface area contributed by atoms with Gasteiger partial charge in [-0.1, -0.05) is 18.6 Å². The lowest BCUT2D eigenvalue weighted by atomic mass is 10.2. The Hall–Kier alpha value is -0.440. The molecule has 0 aromatic carbocycles. The summed E-state index contributed by atoms with van der Waals surface area (Å²) in [6, 6.07) is 0. The lowest BCUT2D eigenvalue weighted by Crippen LogP contribution is -2.01. The minimum atomic E-state index is -0.122. The van der Waals surface area contributed by atoms with Gasteiger partial charge in [-0.05, 0) is 13.3 Å². The van der Waals surface area contributed by atoms with Crippen molar-refractivity contribution in [1.29, 1.82) is 0 Å². The van der Waals surface area contributed by atoms with Gasteiger partial charge in [-0.25, -0.2) is 0 Å². The lowest BCUT2D eigenvalue weighted by Gasteiger charge is -1.98. The average Bonchev–Trinajstić information content (AvgIpc) is 2.16. The minimum absolute atomic E-state index is 0.122. The van der Waals surface area contributed by atoms with Crippen LogP contribution in [0.5, 0.6) is 0 Å². The highest BCUT2D eigenvalue weighted by atomic mass is 32.2. The molecule has 0 aliphatic rings. The molecule has 0 aromatic rings. The Balaban J connectivity index is 3.31. The van der Waals surface area contributed by atoms with Gasteiger partial charge in [-0.15, -0.1) is 0 Å². The largest absolute Gasteiger partial charge is 0.469 e. The van der Waals surface area contributed by atoms with Crippen LogP contribution in [0.2, 0.25) is 0 Å². The van der Waals surface area contributed by atoms with Gasteiger partial charge in [0.05, 0.1) is 13.5 Å². The Morgan fingerprint density at radius 1 is 1.54 bits per heavy atom. The number of methoxy groups -OCH3 is 1. The summed E-state index contributed by atoms with van der Waals surface area (Å²) in [5.74, 6) is 1.72. The summed E-state index contributed by atoms with van der Waals surface area (Å²) in [7, 11) is 1.42. The third-order valence-corrected chi connectivity index (χ3v) is 2.68. The zero-order valence-corrected chi connectivity index (χ0v) is 9.45. The van der Waals surface area contributed by atoms with E-state index in [1.54, 1.807) is 11.8 Å². The van der Waals surface area contributed by atoms with Crippen molar-refractivity contribution in [3.63, 3.8) is 0 Å². The van der Waals surface area contributed by atoms with E-state index in [-0.39, 0.29) is 5.97 Å².